The summed E-state index contributed by atoms with van der Waals surface area (Å²) in [5, 5.41) is 13.2. The van der Waals surface area contributed by atoms with Crippen LogP contribution >= 0.6 is 0 Å². The molecular weight excluding hydrogens is 323 g/mol. The SMILES string of the molecule is O=C(CC1CCCCC1)NCC(=O)N1CC(O)(c2ccc(F)cc2)C1. The van der Waals surface area contributed by atoms with Crippen LogP contribution in [0.1, 0.15) is 44.1 Å². The number of rotatable bonds is 5. The molecule has 2 N–H and O–H groups in total. The molecular formula is C19H25FN2O3. The summed E-state index contributed by atoms with van der Waals surface area (Å²) in [7, 11) is 0. The monoisotopic (exact) mass is 348 g/mol. The highest BCUT2D eigenvalue weighted by atomic mass is 19.1. The molecule has 25 heavy (non-hydrogen) atoms. The van der Waals surface area contributed by atoms with E-state index in [0.29, 0.717) is 17.9 Å². The number of likely N-dealkylation sites (tertiary alicyclic amines) is 1. The number of halogens is 1. The van der Waals surface area contributed by atoms with Gasteiger partial charge >= 0.3 is 0 Å². The zero-order chi connectivity index (χ0) is 17.9. The molecule has 1 aromatic carbocycles. The molecule has 0 spiro atoms. The summed E-state index contributed by atoms with van der Waals surface area (Å²) in [5.74, 6) is -0.199. The van der Waals surface area contributed by atoms with Crippen molar-refractivity contribution >= 4 is 11.8 Å². The largest absolute Gasteiger partial charge is 0.381 e. The van der Waals surface area contributed by atoms with E-state index in [4.69, 9.17) is 0 Å². The first-order chi connectivity index (χ1) is 12.0. The van der Waals surface area contributed by atoms with E-state index in [1.54, 1.807) is 0 Å². The van der Waals surface area contributed by atoms with Crippen LogP contribution < -0.4 is 5.32 Å². The first-order valence-electron chi connectivity index (χ1n) is 8.99. The predicted octanol–water partition coefficient (Wildman–Crippen LogP) is 1.94. The van der Waals surface area contributed by atoms with Gasteiger partial charge in [0, 0.05) is 6.42 Å². The highest BCUT2D eigenvalue weighted by Crippen LogP contribution is 2.32. The van der Waals surface area contributed by atoms with Crippen LogP contribution in [0.3, 0.4) is 0 Å². The van der Waals surface area contributed by atoms with Crippen molar-refractivity contribution in [3.05, 3.63) is 35.6 Å². The van der Waals surface area contributed by atoms with E-state index in [1.807, 2.05) is 0 Å². The van der Waals surface area contributed by atoms with Crippen molar-refractivity contribution < 1.29 is 19.1 Å². The van der Waals surface area contributed by atoms with Gasteiger partial charge in [-0.25, -0.2) is 4.39 Å². The molecule has 0 bridgehead atoms. The summed E-state index contributed by atoms with van der Waals surface area (Å²) in [5.41, 5.74) is -0.533. The van der Waals surface area contributed by atoms with Gasteiger partial charge in [0.25, 0.3) is 0 Å². The molecule has 0 aromatic heterocycles. The van der Waals surface area contributed by atoms with Crippen LogP contribution in [0.25, 0.3) is 0 Å². The fourth-order valence-corrected chi connectivity index (χ4v) is 3.72. The van der Waals surface area contributed by atoms with Crippen molar-refractivity contribution in [3.8, 4) is 0 Å². The molecule has 5 nitrogen and oxygen atoms in total. The number of nitrogens with one attached hydrogen (secondary N) is 1. The summed E-state index contributed by atoms with van der Waals surface area (Å²) in [6.45, 7) is 0.289. The zero-order valence-corrected chi connectivity index (χ0v) is 14.3. The van der Waals surface area contributed by atoms with Crippen molar-refractivity contribution in [2.75, 3.05) is 19.6 Å². The smallest absolute Gasteiger partial charge is 0.242 e. The van der Waals surface area contributed by atoms with Gasteiger partial charge < -0.3 is 15.3 Å². The molecule has 2 fully saturated rings. The quantitative estimate of drug-likeness (QED) is 0.854. The van der Waals surface area contributed by atoms with Gasteiger partial charge in [-0.3, -0.25) is 9.59 Å². The fourth-order valence-electron chi connectivity index (χ4n) is 3.72. The number of aliphatic hydroxyl groups is 1. The zero-order valence-electron chi connectivity index (χ0n) is 14.3. The second-order valence-corrected chi connectivity index (χ2v) is 7.27. The molecule has 2 aliphatic rings. The first-order valence-corrected chi connectivity index (χ1v) is 8.99. The van der Waals surface area contributed by atoms with Crippen LogP contribution in [0.4, 0.5) is 4.39 Å². The topological polar surface area (TPSA) is 69.6 Å². The van der Waals surface area contributed by atoms with Gasteiger partial charge in [-0.15, -0.1) is 0 Å². The minimum Gasteiger partial charge on any atom is -0.381 e. The third-order valence-corrected chi connectivity index (χ3v) is 5.27. The molecule has 0 atom stereocenters. The van der Waals surface area contributed by atoms with Gasteiger partial charge in [0.15, 0.2) is 0 Å². The van der Waals surface area contributed by atoms with E-state index < -0.39 is 5.60 Å². The Bertz CT molecular complexity index is 620. The lowest BCUT2D eigenvalue weighted by Gasteiger charge is -2.46. The first kappa shape index (κ1) is 17.9. The van der Waals surface area contributed by atoms with E-state index in [2.05, 4.69) is 5.32 Å². The van der Waals surface area contributed by atoms with E-state index in [1.165, 1.54) is 48.4 Å². The van der Waals surface area contributed by atoms with Gasteiger partial charge in [-0.1, -0.05) is 31.4 Å². The second kappa shape index (κ2) is 7.52. The highest BCUT2D eigenvalue weighted by Gasteiger charge is 2.44. The standard InChI is InChI=1S/C19H25FN2O3/c20-16-8-6-15(7-9-16)19(25)12-22(13-19)18(24)11-21-17(23)10-14-4-2-1-3-5-14/h6-9,14,25H,1-5,10-13H2,(H,21,23). The summed E-state index contributed by atoms with van der Waals surface area (Å²) >= 11 is 0. The van der Waals surface area contributed by atoms with Crippen LogP contribution in [0.2, 0.25) is 0 Å². The summed E-state index contributed by atoms with van der Waals surface area (Å²) in [6.07, 6.45) is 6.31. The summed E-state index contributed by atoms with van der Waals surface area (Å²) in [4.78, 5) is 25.6. The van der Waals surface area contributed by atoms with Crippen LogP contribution in [-0.4, -0.2) is 41.5 Å². The van der Waals surface area contributed by atoms with E-state index in [0.717, 1.165) is 12.8 Å². The third-order valence-electron chi connectivity index (χ3n) is 5.27. The average molecular weight is 348 g/mol. The minimum absolute atomic E-state index is 0.0367. The predicted molar refractivity (Wildman–Crippen MR) is 91.1 cm³/mol. The number of carbonyl (C=O) groups is 2. The van der Waals surface area contributed by atoms with E-state index in [-0.39, 0.29) is 37.3 Å². The Balaban J connectivity index is 1.41. The lowest BCUT2D eigenvalue weighted by molar-refractivity contribution is -0.156. The number of benzene rings is 1. The number of β-amino-alcohol motifs (C(OH)–C–C–N with tert-alkyl or cyclic N) is 1. The van der Waals surface area contributed by atoms with Gasteiger partial charge in [0.1, 0.15) is 11.4 Å². The van der Waals surface area contributed by atoms with Crippen molar-refractivity contribution in [2.45, 2.75) is 44.1 Å². The van der Waals surface area contributed by atoms with Crippen molar-refractivity contribution in [2.24, 2.45) is 5.92 Å². The number of hydrogen-bond donors (Lipinski definition) is 2. The molecule has 0 unspecified atom stereocenters. The molecule has 0 radical (unpaired) electrons. The van der Waals surface area contributed by atoms with Crippen molar-refractivity contribution in [1.29, 1.82) is 0 Å². The summed E-state index contributed by atoms with van der Waals surface area (Å²) in [6, 6.07) is 5.65. The molecule has 1 aromatic rings. The van der Waals surface area contributed by atoms with Crippen LogP contribution in [0.5, 0.6) is 0 Å². The Morgan fingerprint density at radius 2 is 1.80 bits per heavy atom. The third kappa shape index (κ3) is 4.37. The Kier molecular flexibility index (Phi) is 5.37. The number of carbonyl (C=O) groups excluding carboxylic acids is 2. The van der Waals surface area contributed by atoms with Gasteiger partial charge in [0.2, 0.25) is 11.8 Å². The van der Waals surface area contributed by atoms with Crippen LogP contribution in [0, 0.1) is 11.7 Å². The normalized spacial score (nSPS) is 20.0. The molecule has 136 valence electrons. The Morgan fingerprint density at radius 3 is 2.44 bits per heavy atom. The number of hydrogen-bond acceptors (Lipinski definition) is 3. The molecule has 1 saturated heterocycles. The van der Waals surface area contributed by atoms with E-state index in [9.17, 15) is 19.1 Å². The van der Waals surface area contributed by atoms with Gasteiger partial charge in [-0.05, 0) is 36.5 Å². The maximum absolute atomic E-state index is 13.0. The molecule has 3 rings (SSSR count). The van der Waals surface area contributed by atoms with Crippen LogP contribution in [-0.2, 0) is 15.2 Å². The maximum atomic E-state index is 13.0. The molecule has 2 amide bonds. The number of nitrogens with zero attached hydrogens (tertiary/aromatic N) is 1. The molecule has 1 saturated carbocycles. The Hall–Kier alpha value is -1.95. The maximum Gasteiger partial charge on any atom is 0.242 e. The average Bonchev–Trinajstić information content (AvgIpc) is 2.58. The Labute approximate surface area is 147 Å². The molecule has 1 aliphatic heterocycles. The fraction of sp³-hybridized carbons (Fsp3) is 0.579. The van der Waals surface area contributed by atoms with E-state index >= 15 is 0 Å². The van der Waals surface area contributed by atoms with Crippen molar-refractivity contribution in [3.63, 3.8) is 0 Å². The lowest BCUT2D eigenvalue weighted by Crippen LogP contribution is -2.62. The second-order valence-electron chi connectivity index (χ2n) is 7.27. The molecule has 6 heteroatoms. The minimum atomic E-state index is -1.13. The lowest BCUT2D eigenvalue weighted by atomic mass is 9.86. The molecule has 1 aliphatic carbocycles. The van der Waals surface area contributed by atoms with Crippen molar-refractivity contribution in [1.82, 2.24) is 10.2 Å². The Morgan fingerprint density at radius 1 is 1.16 bits per heavy atom. The molecule has 1 heterocycles. The van der Waals surface area contributed by atoms with Gasteiger partial charge in [-0.2, -0.15) is 0 Å². The van der Waals surface area contributed by atoms with Gasteiger partial charge in [0.05, 0.1) is 19.6 Å². The number of amides is 2. The van der Waals surface area contributed by atoms with Crippen LogP contribution in [0.15, 0.2) is 24.3 Å². The summed E-state index contributed by atoms with van der Waals surface area (Å²) < 4.78 is 13.0. The highest BCUT2D eigenvalue weighted by molar-refractivity contribution is 5.85.